The van der Waals surface area contributed by atoms with Gasteiger partial charge in [-0.3, -0.25) is 23.9 Å². The highest BCUT2D eigenvalue weighted by atomic mass is 35.5. The number of amides is 2. The van der Waals surface area contributed by atoms with Crippen molar-refractivity contribution in [1.82, 2.24) is 20.0 Å². The lowest BCUT2D eigenvalue weighted by atomic mass is 10.1. The lowest BCUT2D eigenvalue weighted by Gasteiger charge is -2.22. The molecule has 1 N–H and O–H groups in total. The van der Waals surface area contributed by atoms with Gasteiger partial charge in [-0.1, -0.05) is 35.9 Å². The zero-order chi connectivity index (χ0) is 25.8. The predicted molar refractivity (Wildman–Crippen MR) is 129 cm³/mol. The molecule has 0 radical (unpaired) electrons. The average Bonchev–Trinajstić information content (AvgIpc) is 3.63. The lowest BCUT2D eigenvalue weighted by Crippen LogP contribution is -2.43. The molecule has 36 heavy (non-hydrogen) atoms. The van der Waals surface area contributed by atoms with Crippen LogP contribution in [0.5, 0.6) is 0 Å². The van der Waals surface area contributed by atoms with Gasteiger partial charge in [0.25, 0.3) is 6.47 Å². The Hall–Kier alpha value is -3.79. The van der Waals surface area contributed by atoms with Crippen LogP contribution in [-0.4, -0.2) is 51.3 Å². The number of ketones is 1. The molecule has 0 spiro atoms. The first-order chi connectivity index (χ1) is 17.3. The number of carbonyl (C=O) groups excluding carboxylic acids is 4. The van der Waals surface area contributed by atoms with Crippen LogP contribution in [0.25, 0.3) is 10.9 Å². The summed E-state index contributed by atoms with van der Waals surface area (Å²) in [7, 11) is 0. The Balaban J connectivity index is 1.49. The van der Waals surface area contributed by atoms with Gasteiger partial charge in [0, 0.05) is 30.5 Å². The first-order valence-electron chi connectivity index (χ1n) is 11.3. The van der Waals surface area contributed by atoms with Gasteiger partial charge >= 0.3 is 0 Å². The van der Waals surface area contributed by atoms with Gasteiger partial charge in [-0.05, 0) is 30.5 Å². The number of nitrogens with one attached hydrogen (secondary N) is 1. The number of carbonyl (C=O) groups is 4. The van der Waals surface area contributed by atoms with Gasteiger partial charge in [0.1, 0.15) is 24.7 Å². The van der Waals surface area contributed by atoms with Gasteiger partial charge < -0.3 is 15.0 Å². The molecule has 0 aliphatic heterocycles. The van der Waals surface area contributed by atoms with E-state index in [9.17, 15) is 23.6 Å². The number of benzene rings is 2. The number of fused-ring (bicyclic) bond motifs is 1. The second-order valence-corrected chi connectivity index (χ2v) is 8.97. The zero-order valence-electron chi connectivity index (χ0n) is 19.5. The number of halogens is 2. The van der Waals surface area contributed by atoms with Crippen LogP contribution < -0.4 is 5.32 Å². The maximum atomic E-state index is 14.1. The molecule has 3 aromatic rings. The summed E-state index contributed by atoms with van der Waals surface area (Å²) in [6, 6.07) is 9.59. The molecule has 1 aliphatic carbocycles. The number of Topliss-reactive ketones (excluding diaryl/α,β-unsaturated/α-hetero) is 1. The number of rotatable bonds is 11. The van der Waals surface area contributed by atoms with E-state index in [4.69, 9.17) is 16.3 Å². The van der Waals surface area contributed by atoms with E-state index in [2.05, 4.69) is 10.4 Å². The van der Waals surface area contributed by atoms with Crippen molar-refractivity contribution in [2.75, 3.05) is 6.54 Å². The molecule has 188 valence electrons. The Morgan fingerprint density at radius 2 is 2.06 bits per heavy atom. The Labute approximate surface area is 211 Å². The van der Waals surface area contributed by atoms with Crippen molar-refractivity contribution in [1.29, 1.82) is 0 Å². The third kappa shape index (κ3) is 5.71. The minimum Gasteiger partial charge on any atom is -0.463 e. The largest absolute Gasteiger partial charge is 0.463 e. The van der Waals surface area contributed by atoms with Crippen molar-refractivity contribution in [2.24, 2.45) is 0 Å². The molecule has 1 fully saturated rings. The first-order valence-corrected chi connectivity index (χ1v) is 11.7. The Morgan fingerprint density at radius 3 is 2.75 bits per heavy atom. The van der Waals surface area contributed by atoms with Crippen molar-refractivity contribution >= 4 is 46.6 Å². The topological polar surface area (TPSA) is 111 Å². The van der Waals surface area contributed by atoms with Crippen LogP contribution in [0.3, 0.4) is 0 Å². The summed E-state index contributed by atoms with van der Waals surface area (Å²) in [4.78, 5) is 50.0. The SMILES string of the molecule is CC(=O)c1nn(CC(=O)N(CC(=O)NCc2cccc(Cl)c2F)C2CC2)c2cc(COC=O)ccc12. The highest BCUT2D eigenvalue weighted by Crippen LogP contribution is 2.28. The number of aromatic nitrogens is 2. The molecule has 1 aliphatic rings. The minimum atomic E-state index is -0.598. The summed E-state index contributed by atoms with van der Waals surface area (Å²) < 4.78 is 20.3. The maximum absolute atomic E-state index is 14.1. The van der Waals surface area contributed by atoms with Crippen molar-refractivity contribution in [3.05, 3.63) is 64.1 Å². The summed E-state index contributed by atoms with van der Waals surface area (Å²) in [5.74, 6) is -1.62. The van der Waals surface area contributed by atoms with Crippen LogP contribution >= 0.6 is 11.6 Å². The molecule has 11 heteroatoms. The predicted octanol–water partition coefficient (Wildman–Crippen LogP) is 3.01. The molecule has 1 saturated carbocycles. The molecule has 0 bridgehead atoms. The molecular weight excluding hydrogens is 491 g/mol. The van der Waals surface area contributed by atoms with Crippen molar-refractivity contribution in [2.45, 2.75) is 45.5 Å². The minimum absolute atomic E-state index is 0.0335. The second kappa shape index (κ2) is 10.9. The molecular formula is C25H24ClFN4O5. The van der Waals surface area contributed by atoms with E-state index in [0.29, 0.717) is 22.9 Å². The molecule has 2 amide bonds. The van der Waals surface area contributed by atoms with Crippen LogP contribution in [0.2, 0.25) is 5.02 Å². The number of hydrogen-bond donors (Lipinski definition) is 1. The first kappa shape index (κ1) is 25.3. The molecule has 4 rings (SSSR count). The van der Waals surface area contributed by atoms with E-state index in [-0.39, 0.29) is 60.3 Å². The summed E-state index contributed by atoms with van der Waals surface area (Å²) in [6.45, 7) is 1.33. The fourth-order valence-electron chi connectivity index (χ4n) is 3.94. The van der Waals surface area contributed by atoms with Gasteiger partial charge in [-0.15, -0.1) is 0 Å². The molecule has 1 aromatic heterocycles. The van der Waals surface area contributed by atoms with E-state index < -0.39 is 11.7 Å². The van der Waals surface area contributed by atoms with Crippen molar-refractivity contribution < 1.29 is 28.3 Å². The van der Waals surface area contributed by atoms with Crippen LogP contribution in [-0.2, 0) is 38.8 Å². The van der Waals surface area contributed by atoms with E-state index in [1.165, 1.54) is 28.6 Å². The number of ether oxygens (including phenoxy) is 1. The summed E-state index contributed by atoms with van der Waals surface area (Å²) >= 11 is 5.79. The van der Waals surface area contributed by atoms with Crippen LogP contribution in [0.1, 0.15) is 41.4 Å². The number of hydrogen-bond acceptors (Lipinski definition) is 6. The molecule has 0 atom stereocenters. The molecule has 1 heterocycles. The highest BCUT2D eigenvalue weighted by Gasteiger charge is 2.34. The number of nitrogens with zero attached hydrogens (tertiary/aromatic N) is 3. The van der Waals surface area contributed by atoms with E-state index in [1.54, 1.807) is 24.3 Å². The maximum Gasteiger partial charge on any atom is 0.293 e. The zero-order valence-corrected chi connectivity index (χ0v) is 20.3. The van der Waals surface area contributed by atoms with E-state index in [1.807, 2.05) is 0 Å². The van der Waals surface area contributed by atoms with Crippen LogP contribution in [0, 0.1) is 5.82 Å². The standard InChI is InChI=1S/C25H24ClFN4O5/c1-15(33)25-19-8-5-16(13-36-14-32)9-21(19)31(29-25)12-23(35)30(18-6-7-18)11-22(34)28-10-17-3-2-4-20(26)24(17)27/h2-5,8-9,14,18H,6-7,10-13H2,1H3,(H,28,34). The average molecular weight is 515 g/mol. The molecule has 9 nitrogen and oxygen atoms in total. The highest BCUT2D eigenvalue weighted by molar-refractivity contribution is 6.30. The summed E-state index contributed by atoms with van der Waals surface area (Å²) in [5, 5.41) is 7.51. The van der Waals surface area contributed by atoms with Gasteiger partial charge in [0.15, 0.2) is 5.78 Å². The smallest absolute Gasteiger partial charge is 0.293 e. The van der Waals surface area contributed by atoms with Crippen molar-refractivity contribution in [3.8, 4) is 0 Å². The Morgan fingerprint density at radius 1 is 1.28 bits per heavy atom. The van der Waals surface area contributed by atoms with Gasteiger partial charge in [0.2, 0.25) is 11.8 Å². The summed E-state index contributed by atoms with van der Waals surface area (Å²) in [6.07, 6.45) is 1.54. The second-order valence-electron chi connectivity index (χ2n) is 8.56. The Bertz CT molecular complexity index is 1340. The van der Waals surface area contributed by atoms with E-state index in [0.717, 1.165) is 12.8 Å². The quantitative estimate of drug-likeness (QED) is 0.311. The van der Waals surface area contributed by atoms with E-state index >= 15 is 0 Å². The Kier molecular flexibility index (Phi) is 7.64. The normalized spacial score (nSPS) is 12.9. The van der Waals surface area contributed by atoms with Crippen molar-refractivity contribution in [3.63, 3.8) is 0 Å². The molecule has 0 unspecified atom stereocenters. The lowest BCUT2D eigenvalue weighted by molar-refractivity contribution is -0.137. The fraction of sp³-hybridized carbons (Fsp3) is 0.320. The van der Waals surface area contributed by atoms with Gasteiger partial charge in [0.05, 0.1) is 17.1 Å². The third-order valence-corrected chi connectivity index (χ3v) is 6.17. The van der Waals surface area contributed by atoms with Crippen LogP contribution in [0.15, 0.2) is 36.4 Å². The third-order valence-electron chi connectivity index (χ3n) is 5.88. The van der Waals surface area contributed by atoms with Gasteiger partial charge in [-0.2, -0.15) is 5.10 Å². The molecule has 0 saturated heterocycles. The fourth-order valence-corrected chi connectivity index (χ4v) is 4.13. The van der Waals surface area contributed by atoms with Gasteiger partial charge in [-0.25, -0.2) is 4.39 Å². The monoisotopic (exact) mass is 514 g/mol. The van der Waals surface area contributed by atoms with Crippen LogP contribution in [0.4, 0.5) is 4.39 Å². The summed E-state index contributed by atoms with van der Waals surface area (Å²) in [5.41, 5.74) is 1.68. The molecule has 2 aromatic carbocycles.